The lowest BCUT2D eigenvalue weighted by atomic mass is 10.2. The predicted octanol–water partition coefficient (Wildman–Crippen LogP) is 5.36. The van der Waals surface area contributed by atoms with E-state index in [0.29, 0.717) is 23.2 Å². The molecule has 0 atom stereocenters. The third kappa shape index (κ3) is 3.27. The van der Waals surface area contributed by atoms with Crippen LogP contribution in [0.15, 0.2) is 45.3 Å². The van der Waals surface area contributed by atoms with Crippen molar-refractivity contribution in [2.45, 2.75) is 6.42 Å². The number of hydrogen-bond donors (Lipinski definition) is 0. The van der Waals surface area contributed by atoms with Gasteiger partial charge in [0.05, 0.1) is 23.8 Å². The van der Waals surface area contributed by atoms with Crippen LogP contribution < -0.4 is 4.74 Å². The van der Waals surface area contributed by atoms with Gasteiger partial charge in [-0.3, -0.25) is 0 Å². The van der Waals surface area contributed by atoms with E-state index < -0.39 is 0 Å². The van der Waals surface area contributed by atoms with Crippen molar-refractivity contribution in [1.82, 2.24) is 15.2 Å². The van der Waals surface area contributed by atoms with Crippen LogP contribution in [0.25, 0.3) is 21.7 Å². The molecule has 8 heteroatoms. The largest absolute Gasteiger partial charge is 0.494 e. The minimum atomic E-state index is 0.442. The molecule has 0 unspecified atom stereocenters. The summed E-state index contributed by atoms with van der Waals surface area (Å²) in [6.45, 7) is 0. The Balaban J connectivity index is 1.63. The van der Waals surface area contributed by atoms with E-state index >= 15 is 0 Å². The number of nitrogens with zero attached hydrogens (tertiary/aromatic N) is 3. The fraction of sp³-hybridized carbons (Fsp3) is 0.118. The van der Waals surface area contributed by atoms with Crippen LogP contribution in [0.5, 0.6) is 5.75 Å². The number of ether oxygens (including phenoxy) is 1. The van der Waals surface area contributed by atoms with Crippen molar-refractivity contribution in [2.24, 2.45) is 0 Å². The van der Waals surface area contributed by atoms with E-state index in [-0.39, 0.29) is 0 Å². The molecule has 25 heavy (non-hydrogen) atoms. The summed E-state index contributed by atoms with van der Waals surface area (Å²) in [4.78, 5) is 4.63. The molecule has 0 saturated heterocycles. The minimum absolute atomic E-state index is 0.442. The third-order valence-electron chi connectivity index (χ3n) is 3.58. The number of para-hydroxylation sites is 1. The molecule has 126 valence electrons. The average molecular weight is 437 g/mol. The van der Waals surface area contributed by atoms with Crippen LogP contribution in [0.1, 0.15) is 10.9 Å². The summed E-state index contributed by atoms with van der Waals surface area (Å²) in [5.41, 5.74) is 1.65. The topological polar surface area (TPSA) is 61.0 Å². The Labute approximate surface area is 160 Å². The quantitative estimate of drug-likeness (QED) is 0.431. The molecule has 0 fully saturated rings. The van der Waals surface area contributed by atoms with Crippen LogP contribution in [-0.4, -0.2) is 22.3 Å². The number of methoxy groups -OCH3 is 1. The molecule has 4 rings (SSSR count). The molecule has 0 spiro atoms. The van der Waals surface area contributed by atoms with E-state index in [0.717, 1.165) is 31.0 Å². The molecular formula is C17H11BrClN3O2S. The number of aromatic nitrogens is 3. The lowest BCUT2D eigenvalue weighted by molar-refractivity contribution is 0.419. The predicted molar refractivity (Wildman–Crippen MR) is 101 cm³/mol. The van der Waals surface area contributed by atoms with Gasteiger partial charge in [-0.05, 0) is 46.3 Å². The van der Waals surface area contributed by atoms with Gasteiger partial charge in [-0.1, -0.05) is 17.7 Å². The molecule has 0 radical (unpaired) electrons. The summed E-state index contributed by atoms with van der Waals surface area (Å²) in [6, 6.07) is 11.3. The van der Waals surface area contributed by atoms with Crippen LogP contribution in [0.2, 0.25) is 5.02 Å². The van der Waals surface area contributed by atoms with Gasteiger partial charge in [-0.15, -0.1) is 21.5 Å². The van der Waals surface area contributed by atoms with Crippen LogP contribution in [0.4, 0.5) is 0 Å². The van der Waals surface area contributed by atoms with E-state index in [2.05, 4.69) is 31.1 Å². The first-order valence-corrected chi connectivity index (χ1v) is 9.33. The van der Waals surface area contributed by atoms with Gasteiger partial charge in [0.15, 0.2) is 0 Å². The zero-order valence-corrected chi connectivity index (χ0v) is 16.2. The molecule has 2 aromatic heterocycles. The maximum Gasteiger partial charge on any atom is 0.248 e. The van der Waals surface area contributed by atoms with E-state index in [1.54, 1.807) is 30.6 Å². The van der Waals surface area contributed by atoms with Gasteiger partial charge < -0.3 is 9.15 Å². The number of benzene rings is 2. The molecule has 2 aromatic carbocycles. The monoisotopic (exact) mass is 435 g/mol. The number of hydrogen-bond acceptors (Lipinski definition) is 6. The van der Waals surface area contributed by atoms with Gasteiger partial charge in [0.1, 0.15) is 16.3 Å². The lowest BCUT2D eigenvalue weighted by Gasteiger charge is -1.99. The van der Waals surface area contributed by atoms with Crippen molar-refractivity contribution in [3.05, 3.63) is 56.8 Å². The van der Waals surface area contributed by atoms with E-state index in [1.807, 2.05) is 24.3 Å². The Hall–Kier alpha value is -1.96. The number of fused-ring (bicyclic) bond motifs is 1. The molecule has 0 aliphatic carbocycles. The van der Waals surface area contributed by atoms with Crippen LogP contribution in [-0.2, 0) is 6.42 Å². The first-order chi connectivity index (χ1) is 12.1. The SMILES string of the molecule is COc1cccc2sc(Cc3nnc(-c4ccc(Cl)cc4Br)o3)nc12. The fourth-order valence-corrected chi connectivity index (χ4v) is 4.26. The standard InChI is InChI=1S/C17H11BrClN3O2S/c1-23-12-3-2-4-13-16(12)20-15(25-13)8-14-21-22-17(24-14)10-6-5-9(19)7-11(10)18/h2-7H,8H2,1H3. The molecule has 0 aliphatic heterocycles. The van der Waals surface area contributed by atoms with E-state index in [1.165, 1.54) is 0 Å². The molecule has 0 N–H and O–H groups in total. The number of halogens is 2. The highest BCUT2D eigenvalue weighted by Gasteiger charge is 2.15. The molecule has 5 nitrogen and oxygen atoms in total. The smallest absolute Gasteiger partial charge is 0.248 e. The normalized spacial score (nSPS) is 11.2. The number of thiazole rings is 1. The molecule has 0 saturated carbocycles. The second kappa shape index (κ2) is 6.74. The lowest BCUT2D eigenvalue weighted by Crippen LogP contribution is -1.88. The Morgan fingerprint density at radius 3 is 2.92 bits per heavy atom. The summed E-state index contributed by atoms with van der Waals surface area (Å²) in [5.74, 6) is 1.71. The van der Waals surface area contributed by atoms with Gasteiger partial charge in [-0.2, -0.15) is 0 Å². The van der Waals surface area contributed by atoms with Crippen molar-refractivity contribution < 1.29 is 9.15 Å². The molecule has 2 heterocycles. The highest BCUT2D eigenvalue weighted by Crippen LogP contribution is 2.32. The van der Waals surface area contributed by atoms with Crippen molar-refractivity contribution in [3.63, 3.8) is 0 Å². The summed E-state index contributed by atoms with van der Waals surface area (Å²) in [6.07, 6.45) is 0.473. The van der Waals surface area contributed by atoms with Crippen LogP contribution in [0, 0.1) is 0 Å². The molecule has 0 aliphatic rings. The summed E-state index contributed by atoms with van der Waals surface area (Å²) in [5, 5.41) is 9.78. The summed E-state index contributed by atoms with van der Waals surface area (Å²) in [7, 11) is 1.64. The summed E-state index contributed by atoms with van der Waals surface area (Å²) < 4.78 is 13.0. The second-order valence-electron chi connectivity index (χ2n) is 5.22. The van der Waals surface area contributed by atoms with Gasteiger partial charge in [0.2, 0.25) is 11.8 Å². The Morgan fingerprint density at radius 2 is 2.12 bits per heavy atom. The van der Waals surface area contributed by atoms with Gasteiger partial charge in [0.25, 0.3) is 0 Å². The van der Waals surface area contributed by atoms with Gasteiger partial charge in [-0.25, -0.2) is 4.98 Å². The number of rotatable bonds is 4. The maximum atomic E-state index is 5.97. The Bertz CT molecular complexity index is 1060. The molecule has 0 amide bonds. The van der Waals surface area contributed by atoms with Crippen LogP contribution >= 0.6 is 38.9 Å². The average Bonchev–Trinajstić information content (AvgIpc) is 3.21. The molecular weight excluding hydrogens is 426 g/mol. The first kappa shape index (κ1) is 16.5. The molecule has 4 aromatic rings. The highest BCUT2D eigenvalue weighted by atomic mass is 79.9. The van der Waals surface area contributed by atoms with E-state index in [9.17, 15) is 0 Å². The van der Waals surface area contributed by atoms with Gasteiger partial charge >= 0.3 is 0 Å². The molecule has 0 bridgehead atoms. The summed E-state index contributed by atoms with van der Waals surface area (Å²) >= 11 is 11.0. The Morgan fingerprint density at radius 1 is 1.24 bits per heavy atom. The minimum Gasteiger partial charge on any atom is -0.494 e. The highest BCUT2D eigenvalue weighted by molar-refractivity contribution is 9.10. The van der Waals surface area contributed by atoms with Gasteiger partial charge in [0, 0.05) is 9.50 Å². The third-order valence-corrected chi connectivity index (χ3v) is 5.49. The van der Waals surface area contributed by atoms with Crippen molar-refractivity contribution in [3.8, 4) is 17.2 Å². The van der Waals surface area contributed by atoms with Crippen molar-refractivity contribution in [1.29, 1.82) is 0 Å². The zero-order valence-electron chi connectivity index (χ0n) is 13.0. The van der Waals surface area contributed by atoms with Crippen LogP contribution in [0.3, 0.4) is 0 Å². The fourth-order valence-electron chi connectivity index (χ4n) is 2.44. The Kier molecular flexibility index (Phi) is 4.45. The van der Waals surface area contributed by atoms with E-state index in [4.69, 9.17) is 20.8 Å². The zero-order chi connectivity index (χ0) is 17.4. The second-order valence-corrected chi connectivity index (χ2v) is 7.62. The first-order valence-electron chi connectivity index (χ1n) is 7.34. The maximum absolute atomic E-state index is 5.97. The van der Waals surface area contributed by atoms with Crippen molar-refractivity contribution in [2.75, 3.05) is 7.11 Å². The van der Waals surface area contributed by atoms with Crippen molar-refractivity contribution >= 4 is 49.1 Å².